The maximum Gasteiger partial charge on any atom is 0.0579 e. The number of hydrogen-bond donors (Lipinski definition) is 0. The van der Waals surface area contributed by atoms with Gasteiger partial charge in [0, 0.05) is 56.7 Å². The topological polar surface area (TPSA) is 11.4 Å². The molecule has 2 heterocycles. The molecule has 1 aliphatic rings. The summed E-state index contributed by atoms with van der Waals surface area (Å²) in [5.41, 5.74) is 18.1. The molecule has 11 aromatic carbocycles. The fraction of sp³-hybridized carbons (Fsp3) is 0.0145. The first-order valence-corrected chi connectivity index (χ1v) is 24.7. The summed E-state index contributed by atoms with van der Waals surface area (Å²) in [6, 6.07) is 92.2. The fourth-order valence-electron chi connectivity index (χ4n) is 10.9. The predicted octanol–water partition coefficient (Wildman–Crippen LogP) is 18.7. The molecule has 12 aromatic rings. The van der Waals surface area contributed by atoms with Crippen LogP contribution in [0.4, 0.5) is 28.4 Å². The highest BCUT2D eigenvalue weighted by atomic mass is 15.1. The minimum Gasteiger partial charge on any atom is -0.337 e. The van der Waals surface area contributed by atoms with Gasteiger partial charge in [-0.25, -0.2) is 0 Å². The van der Waals surface area contributed by atoms with Crippen LogP contribution in [-0.2, 0) is 0 Å². The highest BCUT2D eigenvalue weighted by Gasteiger charge is 2.23. The van der Waals surface area contributed by atoms with E-state index in [2.05, 4.69) is 287 Å². The number of anilines is 5. The largest absolute Gasteiger partial charge is 0.337 e. The molecule has 0 amide bonds. The fourth-order valence-corrected chi connectivity index (χ4v) is 10.9. The van der Waals surface area contributed by atoms with E-state index in [0.717, 1.165) is 73.0 Å². The molecule has 0 atom stereocenters. The summed E-state index contributed by atoms with van der Waals surface area (Å²) < 4.78 is 2.38. The summed E-state index contributed by atoms with van der Waals surface area (Å²) in [5, 5.41) is 7.31. The number of hydrogen-bond acceptors (Lipinski definition) is 2. The van der Waals surface area contributed by atoms with Gasteiger partial charge in [-0.15, -0.1) is 0 Å². The second kappa shape index (κ2) is 18.1. The van der Waals surface area contributed by atoms with E-state index in [9.17, 15) is 0 Å². The summed E-state index contributed by atoms with van der Waals surface area (Å²) in [6.45, 7) is 5.48. The summed E-state index contributed by atoms with van der Waals surface area (Å²) in [5.74, 6) is 0. The van der Waals surface area contributed by atoms with Crippen molar-refractivity contribution >= 4 is 82.9 Å². The quantitative estimate of drug-likeness (QED) is 0.141. The van der Waals surface area contributed by atoms with Gasteiger partial charge >= 0.3 is 0 Å². The zero-order valence-corrected chi connectivity index (χ0v) is 39.7. The average molecular weight is 920 g/mol. The number of aromatic nitrogens is 1. The van der Waals surface area contributed by atoms with Crippen LogP contribution in [0.3, 0.4) is 0 Å². The number of para-hydroxylation sites is 5. The molecule has 0 radical (unpaired) electrons. The van der Waals surface area contributed by atoms with Crippen molar-refractivity contribution in [2.45, 2.75) is 0 Å². The first-order valence-electron chi connectivity index (χ1n) is 24.7. The van der Waals surface area contributed by atoms with E-state index in [1.54, 1.807) is 0 Å². The van der Waals surface area contributed by atoms with E-state index in [1.165, 1.54) is 49.0 Å². The van der Waals surface area contributed by atoms with Crippen LogP contribution in [-0.4, -0.2) is 11.1 Å². The normalized spacial score (nSPS) is 13.9. The summed E-state index contributed by atoms with van der Waals surface area (Å²) in [7, 11) is 0. The summed E-state index contributed by atoms with van der Waals surface area (Å²) in [6.07, 6.45) is 6.91. The number of nitrogens with zero attached hydrogens (tertiary/aromatic N) is 3. The van der Waals surface area contributed by atoms with Gasteiger partial charge in [0.2, 0.25) is 0 Å². The summed E-state index contributed by atoms with van der Waals surface area (Å²) >= 11 is 0. The highest BCUT2D eigenvalue weighted by Crippen LogP contribution is 2.46. The molecular weight excluding hydrogens is 871 g/mol. The Morgan fingerprint density at radius 3 is 1.50 bits per heavy atom. The molecular formula is C69H49N3. The van der Waals surface area contributed by atoms with Crippen LogP contribution < -0.4 is 9.80 Å². The van der Waals surface area contributed by atoms with Gasteiger partial charge in [0.05, 0.1) is 16.7 Å². The Morgan fingerprint density at radius 2 is 0.833 bits per heavy atom. The van der Waals surface area contributed by atoms with Gasteiger partial charge in [0.25, 0.3) is 0 Å². The molecule has 3 nitrogen and oxygen atoms in total. The lowest BCUT2D eigenvalue weighted by atomic mass is 9.90. The van der Waals surface area contributed by atoms with Crippen LogP contribution in [0.5, 0.6) is 0 Å². The molecule has 3 heteroatoms. The van der Waals surface area contributed by atoms with Gasteiger partial charge in [-0.05, 0) is 152 Å². The Morgan fingerprint density at radius 1 is 0.347 bits per heavy atom. The third kappa shape index (κ3) is 7.56. The van der Waals surface area contributed by atoms with E-state index < -0.39 is 0 Å². The van der Waals surface area contributed by atoms with Gasteiger partial charge in [-0.2, -0.15) is 0 Å². The second-order valence-corrected chi connectivity index (χ2v) is 18.6. The molecule has 0 saturated heterocycles. The molecule has 0 bridgehead atoms. The molecule has 1 aliphatic heterocycles. The van der Waals surface area contributed by atoms with E-state index in [1.807, 2.05) is 0 Å². The molecule has 0 fully saturated rings. The Bertz CT molecular complexity index is 4020. The SMILES string of the molecule is C=C1/C=C\C(c2cc(-c3ccc(N(c4ccccc4)c4ccccc4)cc3)cc(-c3ccc4c(c3)c3ccccc3n4-c3ccccc3)c2)=C/CN(c2ccccc2)c2c1c1ccccc1c1ccccc21. The minimum absolute atomic E-state index is 0.639. The lowest BCUT2D eigenvalue weighted by molar-refractivity contribution is 1.10. The molecule has 13 rings (SSSR count). The number of benzene rings is 11. The van der Waals surface area contributed by atoms with Gasteiger partial charge in [0.15, 0.2) is 0 Å². The smallest absolute Gasteiger partial charge is 0.0579 e. The van der Waals surface area contributed by atoms with E-state index in [0.29, 0.717) is 6.54 Å². The lowest BCUT2D eigenvalue weighted by Gasteiger charge is -2.29. The zero-order chi connectivity index (χ0) is 48.0. The van der Waals surface area contributed by atoms with Crippen molar-refractivity contribution in [1.29, 1.82) is 0 Å². The number of rotatable bonds is 8. The van der Waals surface area contributed by atoms with Gasteiger partial charge in [-0.3, -0.25) is 0 Å². The van der Waals surface area contributed by atoms with Crippen LogP contribution in [0.25, 0.3) is 82.4 Å². The third-order valence-electron chi connectivity index (χ3n) is 14.3. The first-order chi connectivity index (χ1) is 35.6. The maximum absolute atomic E-state index is 4.84. The van der Waals surface area contributed by atoms with E-state index >= 15 is 0 Å². The van der Waals surface area contributed by atoms with Gasteiger partial charge in [-0.1, -0.05) is 183 Å². The standard InChI is InChI=1S/C69H49N3/c1-48-34-35-50(42-43-70(55-20-6-2-7-21-55)69-64-32-17-15-29-61(64)60-28-14-16-31-63(60)68(48)69)53-44-52(49-36-39-59(40-37-49)71(56-22-8-3-9-23-56)57-24-10-4-11-25-57)45-54(46-53)51-38-41-67-65(47-51)62-30-18-19-33-66(62)72(67)58-26-12-5-13-27-58/h2-42,44-47H,1,43H2/b35-34-,50-42+. The second-order valence-electron chi connectivity index (χ2n) is 18.6. The lowest BCUT2D eigenvalue weighted by Crippen LogP contribution is -2.19. The maximum atomic E-state index is 4.84. The number of fused-ring (bicyclic) bond motifs is 9. The van der Waals surface area contributed by atoms with Gasteiger partial charge < -0.3 is 14.4 Å². The predicted molar refractivity (Wildman–Crippen MR) is 307 cm³/mol. The van der Waals surface area contributed by atoms with Crippen LogP contribution in [0.1, 0.15) is 11.1 Å². The van der Waals surface area contributed by atoms with Crippen molar-refractivity contribution in [1.82, 2.24) is 4.57 Å². The Kier molecular flexibility index (Phi) is 10.7. The van der Waals surface area contributed by atoms with Crippen molar-refractivity contribution in [3.8, 4) is 27.9 Å². The number of allylic oxidation sites excluding steroid dienone is 4. The monoisotopic (exact) mass is 919 g/mol. The van der Waals surface area contributed by atoms with Crippen LogP contribution in [0.15, 0.2) is 280 Å². The van der Waals surface area contributed by atoms with Crippen molar-refractivity contribution in [2.24, 2.45) is 0 Å². The minimum atomic E-state index is 0.639. The highest BCUT2D eigenvalue weighted by molar-refractivity contribution is 6.20. The van der Waals surface area contributed by atoms with Crippen molar-refractivity contribution in [3.05, 3.63) is 291 Å². The van der Waals surface area contributed by atoms with E-state index in [4.69, 9.17) is 6.58 Å². The summed E-state index contributed by atoms with van der Waals surface area (Å²) in [4.78, 5) is 4.79. The van der Waals surface area contributed by atoms with Crippen LogP contribution in [0, 0.1) is 0 Å². The Hall–Kier alpha value is -9.44. The van der Waals surface area contributed by atoms with Crippen molar-refractivity contribution in [3.63, 3.8) is 0 Å². The molecule has 0 aliphatic carbocycles. The molecule has 0 saturated carbocycles. The molecule has 0 unspecified atom stereocenters. The van der Waals surface area contributed by atoms with Crippen LogP contribution in [0.2, 0.25) is 0 Å². The average Bonchev–Trinajstić information content (AvgIpc) is 3.81. The molecule has 0 spiro atoms. The first kappa shape index (κ1) is 42.6. The van der Waals surface area contributed by atoms with Crippen molar-refractivity contribution in [2.75, 3.05) is 16.3 Å². The molecule has 340 valence electrons. The van der Waals surface area contributed by atoms with Gasteiger partial charge in [0.1, 0.15) is 0 Å². The molecule has 0 N–H and O–H groups in total. The van der Waals surface area contributed by atoms with E-state index in [-0.39, 0.29) is 0 Å². The van der Waals surface area contributed by atoms with Crippen molar-refractivity contribution < 1.29 is 0 Å². The Labute approximate surface area is 420 Å². The van der Waals surface area contributed by atoms with Crippen LogP contribution >= 0.6 is 0 Å². The third-order valence-corrected chi connectivity index (χ3v) is 14.3. The molecule has 72 heavy (non-hydrogen) atoms. The Balaban J connectivity index is 0.997. The molecule has 1 aromatic heterocycles. The zero-order valence-electron chi connectivity index (χ0n) is 39.7.